The van der Waals surface area contributed by atoms with Crippen LogP contribution in [-0.2, 0) is 14.4 Å². The van der Waals surface area contributed by atoms with Crippen LogP contribution in [-0.4, -0.2) is 75.0 Å². The van der Waals surface area contributed by atoms with Crippen molar-refractivity contribution < 1.29 is 29.1 Å². The third kappa shape index (κ3) is 5.12. The van der Waals surface area contributed by atoms with Gasteiger partial charge in [-0.25, -0.2) is 0 Å². The second kappa shape index (κ2) is 10.4. The van der Waals surface area contributed by atoms with Crippen LogP contribution in [0.4, 0.5) is 5.69 Å². The number of fused-ring (bicyclic) bond motifs is 1. The molecule has 0 saturated carbocycles. The van der Waals surface area contributed by atoms with Crippen LogP contribution in [0.2, 0.25) is 0 Å². The molecule has 36 heavy (non-hydrogen) atoms. The Labute approximate surface area is 206 Å². The Hall–Kier alpha value is -4.47. The van der Waals surface area contributed by atoms with Crippen LogP contribution in [0.25, 0.3) is 10.9 Å². The minimum absolute atomic E-state index is 0.115. The number of benzene rings is 2. The smallest absolute Gasteiger partial charge is 0.303 e. The van der Waals surface area contributed by atoms with Gasteiger partial charge in [0.25, 0.3) is 17.6 Å². The molecule has 1 aliphatic rings. The molecule has 3 amide bonds. The molecule has 1 aromatic heterocycles. The normalized spacial score (nSPS) is 15.5. The third-order valence-corrected chi connectivity index (χ3v) is 6.19. The number of ketones is 1. The van der Waals surface area contributed by atoms with Crippen LogP contribution in [0, 0.1) is 0 Å². The van der Waals surface area contributed by atoms with E-state index < -0.39 is 23.6 Å². The van der Waals surface area contributed by atoms with Crippen LogP contribution in [0.3, 0.4) is 0 Å². The van der Waals surface area contributed by atoms with E-state index in [4.69, 9.17) is 5.11 Å². The highest BCUT2D eigenvalue weighted by atomic mass is 16.4. The number of anilines is 1. The number of piperazine rings is 1. The molecule has 1 fully saturated rings. The number of Topliss-reactive ketones (excluding diaryl/α,β-unsaturated/α-hetero) is 1. The second-order valence-corrected chi connectivity index (χ2v) is 8.67. The maximum atomic E-state index is 13.2. The molecular formula is C26H26N4O6. The number of carboxylic acids is 1. The first-order chi connectivity index (χ1) is 17.3. The number of aliphatic carboxylic acids is 1. The minimum atomic E-state index is -1.07. The van der Waals surface area contributed by atoms with Crippen molar-refractivity contribution in [3.8, 4) is 0 Å². The number of para-hydroxylation sites is 1. The Kier molecular flexibility index (Phi) is 7.14. The number of amides is 3. The molecule has 0 radical (unpaired) electrons. The number of nitrogens with one attached hydrogen (secondary N) is 2. The minimum Gasteiger partial charge on any atom is -0.481 e. The van der Waals surface area contributed by atoms with Gasteiger partial charge in [0.1, 0.15) is 0 Å². The number of carbonyl (C=O) groups is 5. The molecule has 2 aromatic carbocycles. The maximum Gasteiger partial charge on any atom is 0.303 e. The van der Waals surface area contributed by atoms with Crippen LogP contribution >= 0.6 is 0 Å². The lowest BCUT2D eigenvalue weighted by Gasteiger charge is -2.39. The largest absolute Gasteiger partial charge is 0.481 e. The van der Waals surface area contributed by atoms with Crippen molar-refractivity contribution in [1.29, 1.82) is 0 Å². The second-order valence-electron chi connectivity index (χ2n) is 8.67. The summed E-state index contributed by atoms with van der Waals surface area (Å²) in [5, 5.41) is 11.9. The van der Waals surface area contributed by atoms with E-state index in [-0.39, 0.29) is 36.9 Å². The molecule has 0 bridgehead atoms. The number of aromatic amines is 1. The summed E-state index contributed by atoms with van der Waals surface area (Å²) < 4.78 is 0. The fourth-order valence-electron chi connectivity index (χ4n) is 4.33. The predicted octanol–water partition coefficient (Wildman–Crippen LogP) is 2.53. The van der Waals surface area contributed by atoms with E-state index in [2.05, 4.69) is 10.3 Å². The predicted molar refractivity (Wildman–Crippen MR) is 132 cm³/mol. The van der Waals surface area contributed by atoms with Crippen molar-refractivity contribution in [3.63, 3.8) is 0 Å². The van der Waals surface area contributed by atoms with Gasteiger partial charge in [-0.3, -0.25) is 24.0 Å². The third-order valence-electron chi connectivity index (χ3n) is 6.19. The molecule has 1 atom stereocenters. The highest BCUT2D eigenvalue weighted by Crippen LogP contribution is 2.27. The van der Waals surface area contributed by atoms with Crippen molar-refractivity contribution in [2.45, 2.75) is 25.8 Å². The number of rotatable bonds is 7. The van der Waals surface area contributed by atoms with E-state index in [1.807, 2.05) is 6.07 Å². The molecule has 2 heterocycles. The quantitative estimate of drug-likeness (QED) is 0.343. The Morgan fingerprint density at radius 1 is 1.00 bits per heavy atom. The van der Waals surface area contributed by atoms with Crippen LogP contribution in [0.1, 0.15) is 40.5 Å². The van der Waals surface area contributed by atoms with Gasteiger partial charge in [-0.15, -0.1) is 0 Å². The Morgan fingerprint density at radius 2 is 1.75 bits per heavy atom. The van der Waals surface area contributed by atoms with Gasteiger partial charge in [-0.05, 0) is 25.1 Å². The standard InChI is InChI=1S/C26H26N4O6/c1-16-15-29(25(35)17-6-3-2-4-7-17)12-13-30(16)26(36)24(34)19-14-27-23-18(19)8-5-9-20(23)28-21(31)10-11-22(32)33/h2-9,14,16,27H,10-13,15H2,1H3,(H,28,31)(H,32,33)/t16-/m1/s1. The van der Waals surface area contributed by atoms with Gasteiger partial charge < -0.3 is 25.2 Å². The van der Waals surface area contributed by atoms with Gasteiger partial charge >= 0.3 is 5.97 Å². The highest BCUT2D eigenvalue weighted by Gasteiger charge is 2.34. The van der Waals surface area contributed by atoms with Crippen LogP contribution < -0.4 is 5.32 Å². The Balaban J connectivity index is 1.46. The fourth-order valence-corrected chi connectivity index (χ4v) is 4.33. The molecule has 1 saturated heterocycles. The Bertz CT molecular complexity index is 1330. The molecule has 0 aliphatic carbocycles. The van der Waals surface area contributed by atoms with Crippen LogP contribution in [0.5, 0.6) is 0 Å². The van der Waals surface area contributed by atoms with E-state index in [0.717, 1.165) is 0 Å². The average molecular weight is 491 g/mol. The topological polar surface area (TPSA) is 140 Å². The first kappa shape index (κ1) is 24.6. The molecular weight excluding hydrogens is 464 g/mol. The number of carbonyl (C=O) groups excluding carboxylic acids is 4. The molecule has 4 rings (SSSR count). The van der Waals surface area contributed by atoms with E-state index in [9.17, 15) is 24.0 Å². The lowest BCUT2D eigenvalue weighted by atomic mass is 10.1. The number of H-pyrrole nitrogens is 1. The monoisotopic (exact) mass is 490 g/mol. The molecule has 186 valence electrons. The molecule has 10 nitrogen and oxygen atoms in total. The molecule has 3 N–H and O–H groups in total. The van der Waals surface area contributed by atoms with Gasteiger partial charge in [-0.1, -0.05) is 30.3 Å². The summed E-state index contributed by atoms with van der Waals surface area (Å²) >= 11 is 0. The number of aromatic nitrogens is 1. The first-order valence-electron chi connectivity index (χ1n) is 11.6. The van der Waals surface area contributed by atoms with E-state index in [0.29, 0.717) is 35.2 Å². The van der Waals surface area contributed by atoms with Gasteiger partial charge in [0.2, 0.25) is 5.91 Å². The summed E-state index contributed by atoms with van der Waals surface area (Å²) in [6, 6.07) is 13.5. The molecule has 0 spiro atoms. The summed E-state index contributed by atoms with van der Waals surface area (Å²) in [6.07, 6.45) is 0.943. The highest BCUT2D eigenvalue weighted by molar-refractivity contribution is 6.45. The number of carboxylic acid groups (broad SMARTS) is 1. The molecule has 10 heteroatoms. The van der Waals surface area contributed by atoms with Gasteiger partial charge in [-0.2, -0.15) is 0 Å². The zero-order valence-corrected chi connectivity index (χ0v) is 19.7. The first-order valence-corrected chi connectivity index (χ1v) is 11.6. The van der Waals surface area contributed by atoms with Gasteiger partial charge in [0.15, 0.2) is 0 Å². The summed E-state index contributed by atoms with van der Waals surface area (Å²) in [5.74, 6) is -3.01. The SMILES string of the molecule is C[C@@H]1CN(C(=O)c2ccccc2)CCN1C(=O)C(=O)c1c[nH]c2c(NC(=O)CCC(=O)O)cccc12. The van der Waals surface area contributed by atoms with Crippen molar-refractivity contribution in [2.75, 3.05) is 25.0 Å². The van der Waals surface area contributed by atoms with E-state index >= 15 is 0 Å². The van der Waals surface area contributed by atoms with E-state index in [1.54, 1.807) is 54.3 Å². The summed E-state index contributed by atoms with van der Waals surface area (Å²) in [6.45, 7) is 2.66. The zero-order chi connectivity index (χ0) is 25.8. The van der Waals surface area contributed by atoms with E-state index in [1.165, 1.54) is 11.1 Å². The van der Waals surface area contributed by atoms with Crippen molar-refractivity contribution in [2.24, 2.45) is 0 Å². The lowest BCUT2D eigenvalue weighted by molar-refractivity contribution is -0.138. The summed E-state index contributed by atoms with van der Waals surface area (Å²) in [5.41, 5.74) is 1.59. The zero-order valence-electron chi connectivity index (χ0n) is 19.7. The van der Waals surface area contributed by atoms with Crippen LogP contribution in [0.15, 0.2) is 54.7 Å². The fraction of sp³-hybridized carbons (Fsp3) is 0.269. The molecule has 1 aliphatic heterocycles. The maximum absolute atomic E-state index is 13.2. The van der Waals surface area contributed by atoms with Crippen molar-refractivity contribution >= 4 is 46.1 Å². The van der Waals surface area contributed by atoms with Crippen molar-refractivity contribution in [1.82, 2.24) is 14.8 Å². The summed E-state index contributed by atoms with van der Waals surface area (Å²) in [4.78, 5) is 68.0. The summed E-state index contributed by atoms with van der Waals surface area (Å²) in [7, 11) is 0. The molecule has 3 aromatic rings. The number of nitrogens with zero attached hydrogens (tertiary/aromatic N) is 2. The lowest BCUT2D eigenvalue weighted by Crippen LogP contribution is -2.56. The van der Waals surface area contributed by atoms with Crippen molar-refractivity contribution in [3.05, 3.63) is 65.9 Å². The average Bonchev–Trinajstić information content (AvgIpc) is 3.32. The molecule has 0 unspecified atom stereocenters. The number of hydrogen-bond acceptors (Lipinski definition) is 5. The van der Waals surface area contributed by atoms with Gasteiger partial charge in [0, 0.05) is 49.2 Å². The Morgan fingerprint density at radius 3 is 2.44 bits per heavy atom. The number of hydrogen-bond donors (Lipinski definition) is 3. The van der Waals surface area contributed by atoms with Gasteiger partial charge in [0.05, 0.1) is 23.2 Å².